The molecule has 3 fully saturated rings. The van der Waals surface area contributed by atoms with E-state index >= 15 is 0 Å². The standard InChI is InChI=1S/C13H20O2/c14-11-3-5-12(6-4-11)15-13-8-9-1-2-10(13)7-9/h9-10,12-13H,1-8H2. The molecule has 0 aromatic carbocycles. The van der Waals surface area contributed by atoms with Crippen molar-refractivity contribution in [3.63, 3.8) is 0 Å². The number of hydrogen-bond donors (Lipinski definition) is 0. The van der Waals surface area contributed by atoms with E-state index in [9.17, 15) is 4.79 Å². The maximum Gasteiger partial charge on any atom is 0.133 e. The number of carbonyl (C=O) groups excluding carboxylic acids is 1. The van der Waals surface area contributed by atoms with Crippen LogP contribution in [-0.4, -0.2) is 18.0 Å². The largest absolute Gasteiger partial charge is 0.375 e. The smallest absolute Gasteiger partial charge is 0.133 e. The molecule has 0 aromatic heterocycles. The van der Waals surface area contributed by atoms with Crippen LogP contribution in [0.2, 0.25) is 0 Å². The second-order valence-electron chi connectivity index (χ2n) is 5.59. The SMILES string of the molecule is O=C1CCC(OC2CC3CCC2C3)CC1. The lowest BCUT2D eigenvalue weighted by molar-refractivity contribution is -0.125. The molecule has 0 heterocycles. The molecule has 15 heavy (non-hydrogen) atoms. The van der Waals surface area contributed by atoms with Crippen molar-refractivity contribution in [2.24, 2.45) is 11.8 Å². The van der Waals surface area contributed by atoms with Crippen LogP contribution in [0.3, 0.4) is 0 Å². The zero-order valence-corrected chi connectivity index (χ0v) is 9.28. The van der Waals surface area contributed by atoms with E-state index in [1.807, 2.05) is 0 Å². The lowest BCUT2D eigenvalue weighted by Gasteiger charge is -2.29. The number of hydrogen-bond acceptors (Lipinski definition) is 2. The Bertz CT molecular complexity index is 251. The molecule has 0 spiro atoms. The molecule has 2 bridgehead atoms. The summed E-state index contributed by atoms with van der Waals surface area (Å²) in [5.74, 6) is 2.25. The van der Waals surface area contributed by atoms with Crippen molar-refractivity contribution in [3.05, 3.63) is 0 Å². The summed E-state index contributed by atoms with van der Waals surface area (Å²) in [5, 5.41) is 0. The van der Waals surface area contributed by atoms with Gasteiger partial charge in [0.2, 0.25) is 0 Å². The van der Waals surface area contributed by atoms with Crippen molar-refractivity contribution >= 4 is 5.78 Å². The minimum Gasteiger partial charge on any atom is -0.375 e. The predicted octanol–water partition coefficient (Wildman–Crippen LogP) is 2.70. The molecule has 3 atom stereocenters. The molecule has 3 aliphatic rings. The van der Waals surface area contributed by atoms with E-state index in [0.717, 1.165) is 37.5 Å². The van der Waals surface area contributed by atoms with Crippen molar-refractivity contribution < 1.29 is 9.53 Å². The van der Waals surface area contributed by atoms with Gasteiger partial charge in [-0.2, -0.15) is 0 Å². The summed E-state index contributed by atoms with van der Waals surface area (Å²) in [6.45, 7) is 0. The van der Waals surface area contributed by atoms with Crippen LogP contribution >= 0.6 is 0 Å². The van der Waals surface area contributed by atoms with Crippen molar-refractivity contribution in [2.75, 3.05) is 0 Å². The minimum absolute atomic E-state index is 0.395. The molecule has 3 aliphatic carbocycles. The molecule has 0 radical (unpaired) electrons. The molecule has 0 amide bonds. The lowest BCUT2D eigenvalue weighted by atomic mass is 9.94. The van der Waals surface area contributed by atoms with Gasteiger partial charge >= 0.3 is 0 Å². The van der Waals surface area contributed by atoms with Gasteiger partial charge < -0.3 is 4.74 Å². The van der Waals surface area contributed by atoms with Crippen LogP contribution in [0.4, 0.5) is 0 Å². The summed E-state index contributed by atoms with van der Waals surface area (Å²) in [4.78, 5) is 11.1. The number of Topliss-reactive ketones (excluding diaryl/α,β-unsaturated/α-hetero) is 1. The van der Waals surface area contributed by atoms with Gasteiger partial charge in [-0.15, -0.1) is 0 Å². The second kappa shape index (κ2) is 3.89. The highest BCUT2D eigenvalue weighted by atomic mass is 16.5. The lowest BCUT2D eigenvalue weighted by Crippen LogP contribution is -2.30. The zero-order chi connectivity index (χ0) is 10.3. The van der Waals surface area contributed by atoms with Crippen LogP contribution in [0.15, 0.2) is 0 Å². The Morgan fingerprint density at radius 1 is 1.00 bits per heavy atom. The summed E-state index contributed by atoms with van der Waals surface area (Å²) >= 11 is 0. The van der Waals surface area contributed by atoms with Crippen molar-refractivity contribution in [1.82, 2.24) is 0 Å². The Hall–Kier alpha value is -0.370. The highest BCUT2D eigenvalue weighted by Crippen LogP contribution is 2.46. The summed E-state index contributed by atoms with van der Waals surface area (Å²) in [7, 11) is 0. The van der Waals surface area contributed by atoms with Crippen LogP contribution < -0.4 is 0 Å². The Kier molecular flexibility index (Phi) is 2.55. The van der Waals surface area contributed by atoms with Gasteiger partial charge in [-0.3, -0.25) is 4.79 Å². The number of rotatable bonds is 2. The number of fused-ring (bicyclic) bond motifs is 2. The molecule has 2 nitrogen and oxygen atoms in total. The van der Waals surface area contributed by atoms with Crippen LogP contribution in [0.25, 0.3) is 0 Å². The average Bonchev–Trinajstić information content (AvgIpc) is 2.83. The number of carbonyl (C=O) groups is 1. The third-order valence-electron chi connectivity index (χ3n) is 4.53. The molecule has 3 saturated carbocycles. The van der Waals surface area contributed by atoms with Crippen LogP contribution in [-0.2, 0) is 9.53 Å². The fourth-order valence-electron chi connectivity index (χ4n) is 3.65. The van der Waals surface area contributed by atoms with Crippen LogP contribution in [0.5, 0.6) is 0 Å². The molecule has 0 aliphatic heterocycles. The maximum absolute atomic E-state index is 11.1. The topological polar surface area (TPSA) is 26.3 Å². The van der Waals surface area contributed by atoms with Gasteiger partial charge in [-0.1, -0.05) is 0 Å². The first kappa shape index (κ1) is 9.83. The first-order chi connectivity index (χ1) is 7.31. The van der Waals surface area contributed by atoms with E-state index in [2.05, 4.69) is 0 Å². The zero-order valence-electron chi connectivity index (χ0n) is 9.28. The molecule has 0 N–H and O–H groups in total. The Balaban J connectivity index is 1.51. The van der Waals surface area contributed by atoms with Gasteiger partial charge in [0.15, 0.2) is 0 Å². The molecular formula is C13H20O2. The summed E-state index contributed by atoms with van der Waals surface area (Å²) in [5.41, 5.74) is 0. The van der Waals surface area contributed by atoms with Gasteiger partial charge in [0.05, 0.1) is 12.2 Å². The van der Waals surface area contributed by atoms with Gasteiger partial charge in [0.1, 0.15) is 5.78 Å². The van der Waals surface area contributed by atoms with Crippen LogP contribution in [0.1, 0.15) is 51.4 Å². The first-order valence-electron chi connectivity index (χ1n) is 6.48. The number of ether oxygens (including phenoxy) is 1. The van der Waals surface area contributed by atoms with Crippen molar-refractivity contribution in [2.45, 2.75) is 63.6 Å². The summed E-state index contributed by atoms with van der Waals surface area (Å²) in [6, 6.07) is 0. The van der Waals surface area contributed by atoms with Gasteiger partial charge in [-0.25, -0.2) is 0 Å². The van der Waals surface area contributed by atoms with E-state index in [-0.39, 0.29) is 0 Å². The van der Waals surface area contributed by atoms with Gasteiger partial charge in [0.25, 0.3) is 0 Å². The van der Waals surface area contributed by atoms with E-state index in [0.29, 0.717) is 18.0 Å². The third-order valence-corrected chi connectivity index (χ3v) is 4.53. The quantitative estimate of drug-likeness (QED) is 0.697. The molecule has 84 valence electrons. The highest BCUT2D eigenvalue weighted by molar-refractivity contribution is 5.79. The molecular weight excluding hydrogens is 188 g/mol. The van der Waals surface area contributed by atoms with Crippen LogP contribution in [0, 0.1) is 11.8 Å². The predicted molar refractivity (Wildman–Crippen MR) is 57.6 cm³/mol. The van der Waals surface area contributed by atoms with E-state index in [4.69, 9.17) is 4.74 Å². The molecule has 2 heteroatoms. The molecule has 3 rings (SSSR count). The van der Waals surface area contributed by atoms with Gasteiger partial charge in [-0.05, 0) is 50.4 Å². The second-order valence-corrected chi connectivity index (χ2v) is 5.59. The van der Waals surface area contributed by atoms with E-state index in [1.165, 1.54) is 25.7 Å². The monoisotopic (exact) mass is 208 g/mol. The Morgan fingerprint density at radius 2 is 1.80 bits per heavy atom. The third kappa shape index (κ3) is 1.96. The molecule has 0 saturated heterocycles. The molecule has 0 aromatic rings. The fourth-order valence-corrected chi connectivity index (χ4v) is 3.65. The average molecular weight is 208 g/mol. The van der Waals surface area contributed by atoms with E-state index < -0.39 is 0 Å². The first-order valence-corrected chi connectivity index (χ1v) is 6.48. The highest BCUT2D eigenvalue weighted by Gasteiger charge is 2.41. The minimum atomic E-state index is 0.395. The van der Waals surface area contributed by atoms with E-state index in [1.54, 1.807) is 0 Å². The van der Waals surface area contributed by atoms with Crippen molar-refractivity contribution in [3.8, 4) is 0 Å². The Labute approximate surface area is 91.4 Å². The summed E-state index contributed by atoms with van der Waals surface area (Å²) in [6.07, 6.45) is 9.95. The summed E-state index contributed by atoms with van der Waals surface area (Å²) < 4.78 is 6.18. The normalized spacial score (nSPS) is 41.3. The van der Waals surface area contributed by atoms with Gasteiger partial charge in [0, 0.05) is 12.8 Å². The Morgan fingerprint density at radius 3 is 2.40 bits per heavy atom. The maximum atomic E-state index is 11.1. The number of ketones is 1. The fraction of sp³-hybridized carbons (Fsp3) is 0.923. The van der Waals surface area contributed by atoms with Crippen molar-refractivity contribution in [1.29, 1.82) is 0 Å². The molecule has 3 unspecified atom stereocenters.